The first-order chi connectivity index (χ1) is 14.7. The van der Waals surface area contributed by atoms with E-state index < -0.39 is 0 Å². The molecule has 0 aliphatic carbocycles. The van der Waals surface area contributed by atoms with Crippen molar-refractivity contribution in [2.45, 2.75) is 25.8 Å². The average Bonchev–Trinajstić information content (AvgIpc) is 3.21. The predicted molar refractivity (Wildman–Crippen MR) is 122 cm³/mol. The van der Waals surface area contributed by atoms with Crippen molar-refractivity contribution in [3.8, 4) is 5.75 Å². The van der Waals surface area contributed by atoms with E-state index in [0.717, 1.165) is 34.3 Å². The molecule has 148 valence electrons. The monoisotopic (exact) mass is 393 g/mol. The van der Waals surface area contributed by atoms with E-state index in [9.17, 15) is 5.11 Å². The Labute approximate surface area is 176 Å². The van der Waals surface area contributed by atoms with Crippen molar-refractivity contribution in [2.75, 3.05) is 5.01 Å². The predicted octanol–water partition coefficient (Wildman–Crippen LogP) is 5.47. The van der Waals surface area contributed by atoms with Gasteiger partial charge in [0.1, 0.15) is 11.3 Å². The summed E-state index contributed by atoms with van der Waals surface area (Å²) in [5, 5.41) is 18.9. The quantitative estimate of drug-likeness (QED) is 0.500. The summed E-state index contributed by atoms with van der Waals surface area (Å²) < 4.78 is 0. The number of hydrazone groups is 1. The van der Waals surface area contributed by atoms with Crippen LogP contribution in [0.3, 0.4) is 0 Å². The van der Waals surface area contributed by atoms with Gasteiger partial charge in [-0.15, -0.1) is 0 Å². The second-order valence-corrected chi connectivity index (χ2v) is 7.80. The number of para-hydroxylation sites is 1. The van der Waals surface area contributed by atoms with Crippen LogP contribution in [0.4, 0.5) is 5.69 Å². The van der Waals surface area contributed by atoms with Gasteiger partial charge in [0.05, 0.1) is 17.4 Å². The van der Waals surface area contributed by atoms with Gasteiger partial charge in [-0.25, -0.2) is 0 Å². The first-order valence-electron chi connectivity index (χ1n) is 10.2. The zero-order chi connectivity index (χ0) is 20.5. The van der Waals surface area contributed by atoms with Gasteiger partial charge in [-0.1, -0.05) is 66.2 Å². The average molecular weight is 393 g/mol. The van der Waals surface area contributed by atoms with Crippen molar-refractivity contribution >= 4 is 22.3 Å². The Hall–Kier alpha value is -3.66. The topological polar surface area (TPSA) is 48.7 Å². The molecule has 0 unspecified atom stereocenters. The zero-order valence-corrected chi connectivity index (χ0v) is 16.9. The van der Waals surface area contributed by atoms with Crippen LogP contribution in [0, 0.1) is 6.92 Å². The van der Waals surface area contributed by atoms with E-state index in [-0.39, 0.29) is 11.8 Å². The van der Waals surface area contributed by atoms with Crippen LogP contribution < -0.4 is 5.01 Å². The van der Waals surface area contributed by atoms with Crippen LogP contribution >= 0.6 is 0 Å². The van der Waals surface area contributed by atoms with E-state index in [1.807, 2.05) is 42.5 Å². The number of hydrogen-bond acceptors (Lipinski definition) is 4. The largest absolute Gasteiger partial charge is 0.505 e. The Morgan fingerprint density at radius 2 is 1.73 bits per heavy atom. The van der Waals surface area contributed by atoms with Gasteiger partial charge in [0, 0.05) is 18.0 Å². The first-order valence-corrected chi connectivity index (χ1v) is 10.2. The molecular formula is C26H23N3O. The van der Waals surface area contributed by atoms with Gasteiger partial charge in [-0.05, 0) is 42.7 Å². The number of pyridine rings is 1. The minimum atomic E-state index is 0.121. The molecule has 0 spiro atoms. The summed E-state index contributed by atoms with van der Waals surface area (Å²) in [6.45, 7) is 2.09. The molecule has 0 amide bonds. The molecule has 1 atom stereocenters. The summed E-state index contributed by atoms with van der Waals surface area (Å²) in [6, 6.07) is 26.8. The molecule has 4 heteroatoms. The molecule has 0 saturated heterocycles. The van der Waals surface area contributed by atoms with Crippen LogP contribution in [-0.4, -0.2) is 21.8 Å². The fourth-order valence-corrected chi connectivity index (χ4v) is 4.08. The lowest BCUT2D eigenvalue weighted by Gasteiger charge is -2.24. The first kappa shape index (κ1) is 18.4. The van der Waals surface area contributed by atoms with E-state index >= 15 is 0 Å². The summed E-state index contributed by atoms with van der Waals surface area (Å²) in [7, 11) is 0. The molecule has 0 radical (unpaired) electrons. The summed E-state index contributed by atoms with van der Waals surface area (Å²) in [5.41, 5.74) is 6.06. The van der Waals surface area contributed by atoms with Crippen molar-refractivity contribution < 1.29 is 5.11 Å². The number of anilines is 1. The molecule has 4 nitrogen and oxygen atoms in total. The maximum atomic E-state index is 10.9. The van der Waals surface area contributed by atoms with Crippen molar-refractivity contribution in [1.82, 2.24) is 4.98 Å². The number of phenolic OH excluding ortho intramolecular Hbond substituents is 1. The maximum absolute atomic E-state index is 10.9. The van der Waals surface area contributed by atoms with Gasteiger partial charge >= 0.3 is 0 Å². The van der Waals surface area contributed by atoms with Crippen molar-refractivity contribution in [1.29, 1.82) is 0 Å². The second-order valence-electron chi connectivity index (χ2n) is 7.80. The highest BCUT2D eigenvalue weighted by Gasteiger charge is 2.29. The molecule has 30 heavy (non-hydrogen) atoms. The van der Waals surface area contributed by atoms with Crippen LogP contribution in [0.1, 0.15) is 23.1 Å². The number of fused-ring (bicyclic) bond motifs is 1. The molecule has 0 saturated carbocycles. The Morgan fingerprint density at radius 1 is 0.933 bits per heavy atom. The number of aromatic hydroxyl groups is 1. The molecule has 2 heterocycles. The summed E-state index contributed by atoms with van der Waals surface area (Å²) in [4.78, 5) is 4.37. The minimum absolute atomic E-state index is 0.121. The molecule has 1 aliphatic rings. The Morgan fingerprint density at radius 3 is 2.53 bits per heavy atom. The Bertz CT molecular complexity index is 1220. The SMILES string of the molecule is Cc1ccc(C2=NN(c3ccccc3)[C@H](Cc3ccc4cccnc4c3O)C2)cc1. The molecule has 4 aromatic rings. The van der Waals surface area contributed by atoms with Crippen molar-refractivity contribution in [3.05, 3.63) is 102 Å². The van der Waals surface area contributed by atoms with Crippen LogP contribution in [0.25, 0.3) is 10.9 Å². The number of aryl methyl sites for hydroxylation is 1. The normalized spacial score (nSPS) is 16.1. The Balaban J connectivity index is 1.50. The van der Waals surface area contributed by atoms with Gasteiger partial charge in [0.15, 0.2) is 0 Å². The standard InChI is InChI=1S/C26H23N3O/c1-18-9-11-19(12-10-18)24-17-23(29(28-24)22-7-3-2-4-8-22)16-21-14-13-20-6-5-15-27-25(20)26(21)30/h2-15,23,30H,16-17H2,1H3/t23-/m1/s1. The van der Waals surface area contributed by atoms with Crippen LogP contribution in [0.5, 0.6) is 5.75 Å². The fourth-order valence-electron chi connectivity index (χ4n) is 4.08. The highest BCUT2D eigenvalue weighted by molar-refractivity contribution is 6.03. The van der Waals surface area contributed by atoms with Crippen molar-refractivity contribution in [2.24, 2.45) is 5.10 Å². The van der Waals surface area contributed by atoms with E-state index in [4.69, 9.17) is 5.10 Å². The maximum Gasteiger partial charge on any atom is 0.145 e. The lowest BCUT2D eigenvalue weighted by Crippen LogP contribution is -2.28. The number of aromatic nitrogens is 1. The number of phenols is 1. The minimum Gasteiger partial charge on any atom is -0.505 e. The van der Waals surface area contributed by atoms with Crippen LogP contribution in [0.2, 0.25) is 0 Å². The van der Waals surface area contributed by atoms with E-state index in [1.165, 1.54) is 5.56 Å². The molecule has 1 N–H and O–H groups in total. The molecule has 0 bridgehead atoms. The van der Waals surface area contributed by atoms with E-state index in [0.29, 0.717) is 11.9 Å². The van der Waals surface area contributed by atoms with Gasteiger partial charge in [0.2, 0.25) is 0 Å². The molecule has 0 fully saturated rings. The number of benzene rings is 3. The van der Waals surface area contributed by atoms with Gasteiger partial charge in [-0.3, -0.25) is 9.99 Å². The van der Waals surface area contributed by atoms with Crippen LogP contribution in [0.15, 0.2) is 90.2 Å². The molecule has 5 rings (SSSR count). The number of rotatable bonds is 4. The highest BCUT2D eigenvalue weighted by atomic mass is 16.3. The summed E-state index contributed by atoms with van der Waals surface area (Å²) in [5.74, 6) is 0.268. The van der Waals surface area contributed by atoms with Crippen molar-refractivity contribution in [3.63, 3.8) is 0 Å². The highest BCUT2D eigenvalue weighted by Crippen LogP contribution is 2.33. The lowest BCUT2D eigenvalue weighted by atomic mass is 9.96. The zero-order valence-electron chi connectivity index (χ0n) is 16.9. The van der Waals surface area contributed by atoms with Gasteiger partial charge in [-0.2, -0.15) is 5.10 Å². The molecular weight excluding hydrogens is 370 g/mol. The third kappa shape index (κ3) is 3.41. The second kappa shape index (κ2) is 7.64. The summed E-state index contributed by atoms with van der Waals surface area (Å²) in [6.07, 6.45) is 3.22. The van der Waals surface area contributed by atoms with E-state index in [1.54, 1.807) is 6.20 Å². The van der Waals surface area contributed by atoms with E-state index in [2.05, 4.69) is 53.3 Å². The fraction of sp³-hybridized carbons (Fsp3) is 0.154. The summed E-state index contributed by atoms with van der Waals surface area (Å²) >= 11 is 0. The molecule has 1 aromatic heterocycles. The number of hydrogen-bond donors (Lipinski definition) is 1. The third-order valence-electron chi connectivity index (χ3n) is 5.70. The molecule has 3 aromatic carbocycles. The lowest BCUT2D eigenvalue weighted by molar-refractivity contribution is 0.469. The third-order valence-corrected chi connectivity index (χ3v) is 5.70. The number of nitrogens with zero attached hydrogens (tertiary/aromatic N) is 3. The van der Waals surface area contributed by atoms with Crippen LogP contribution in [-0.2, 0) is 6.42 Å². The molecule has 1 aliphatic heterocycles. The Kier molecular flexibility index (Phi) is 4.68. The smallest absolute Gasteiger partial charge is 0.145 e. The van der Waals surface area contributed by atoms with Gasteiger partial charge < -0.3 is 5.11 Å². The van der Waals surface area contributed by atoms with Gasteiger partial charge in [0.25, 0.3) is 0 Å².